The third-order valence-corrected chi connectivity index (χ3v) is 8.16. The zero-order valence-corrected chi connectivity index (χ0v) is 21.7. The van der Waals surface area contributed by atoms with Crippen molar-refractivity contribution in [3.05, 3.63) is 52.7 Å². The van der Waals surface area contributed by atoms with Crippen molar-refractivity contribution >= 4 is 11.7 Å². The van der Waals surface area contributed by atoms with Gasteiger partial charge in [-0.05, 0) is 45.1 Å². The molecular weight excluding hydrogens is 502 g/mol. The number of alkyl halides is 3. The van der Waals surface area contributed by atoms with Gasteiger partial charge < -0.3 is 20.2 Å². The lowest BCUT2D eigenvalue weighted by atomic mass is 9.87. The maximum absolute atomic E-state index is 15.3. The maximum atomic E-state index is 15.3. The number of amides is 1. The summed E-state index contributed by atoms with van der Waals surface area (Å²) in [6.07, 6.45) is -2.20. The lowest BCUT2D eigenvalue weighted by Crippen LogP contribution is -2.53. The molecule has 0 bridgehead atoms. The van der Waals surface area contributed by atoms with Gasteiger partial charge in [0.2, 0.25) is 5.91 Å². The van der Waals surface area contributed by atoms with E-state index in [2.05, 4.69) is 20.2 Å². The molecule has 206 valence electrons. The molecule has 0 saturated carbocycles. The predicted octanol–water partition coefficient (Wildman–Crippen LogP) is 4.14. The first-order valence-corrected chi connectivity index (χ1v) is 13.1. The fraction of sp³-hybridized carbons (Fsp3) is 0.593. The van der Waals surface area contributed by atoms with Gasteiger partial charge in [0, 0.05) is 48.9 Å². The second-order valence-corrected chi connectivity index (χ2v) is 11.3. The van der Waals surface area contributed by atoms with Crippen LogP contribution in [0.3, 0.4) is 0 Å². The monoisotopic (exact) mass is 535 g/mol. The van der Waals surface area contributed by atoms with E-state index in [0.29, 0.717) is 50.8 Å². The molecular formula is C27H33F4N5O2. The summed E-state index contributed by atoms with van der Waals surface area (Å²) in [4.78, 5) is 26.3. The second kappa shape index (κ2) is 9.75. The van der Waals surface area contributed by atoms with Gasteiger partial charge in [0.15, 0.2) is 0 Å². The van der Waals surface area contributed by atoms with E-state index >= 15 is 4.39 Å². The summed E-state index contributed by atoms with van der Waals surface area (Å²) in [6, 6.07) is 2.70. The number of carbonyl (C=O) groups is 1. The van der Waals surface area contributed by atoms with E-state index in [1.54, 1.807) is 4.90 Å². The van der Waals surface area contributed by atoms with Crippen LogP contribution in [0.15, 0.2) is 24.5 Å². The zero-order chi connectivity index (χ0) is 27.4. The normalized spacial score (nSPS) is 25.9. The first-order chi connectivity index (χ1) is 17.9. The standard InChI is InChI=1S/C27H33F4N5O2/c1-15-13-19(37)23-20(15)24(33-14-32-23)35-9-11-36(12-10-35)25(38)21(18-7-8-26(2,3)34-18)16-5-4-6-17(22(16)28)27(29,30)31/h4-6,14-15,18-19,21,34,37H,7-13H2,1-3H3/t15-,18+,19-,21+/m1/s1. The van der Waals surface area contributed by atoms with Crippen molar-refractivity contribution < 1.29 is 27.5 Å². The highest BCUT2D eigenvalue weighted by Gasteiger charge is 2.44. The fourth-order valence-electron chi connectivity index (χ4n) is 6.23. The quantitative estimate of drug-likeness (QED) is 0.573. The van der Waals surface area contributed by atoms with Crippen molar-refractivity contribution in [3.8, 4) is 0 Å². The molecule has 7 nitrogen and oxygen atoms in total. The second-order valence-electron chi connectivity index (χ2n) is 11.3. The SMILES string of the molecule is C[C@@H]1C[C@@H](O)c2ncnc(N3CCN(C(=O)[C@@H](c4cccc(C(F)(F)F)c4F)[C@@H]4CCC(C)(C)N4)CC3)c21. The lowest BCUT2D eigenvalue weighted by molar-refractivity contribution is -0.140. The highest BCUT2D eigenvalue weighted by Crippen LogP contribution is 2.43. The number of nitrogens with one attached hydrogen (secondary N) is 1. The molecule has 2 fully saturated rings. The summed E-state index contributed by atoms with van der Waals surface area (Å²) in [5.41, 5.74) is -0.339. The molecule has 2 N–H and O–H groups in total. The first kappa shape index (κ1) is 26.8. The van der Waals surface area contributed by atoms with Gasteiger partial charge in [0.1, 0.15) is 18.0 Å². The average Bonchev–Trinajstić information content (AvgIpc) is 3.37. The number of aliphatic hydroxyl groups excluding tert-OH is 1. The minimum atomic E-state index is -4.86. The van der Waals surface area contributed by atoms with Gasteiger partial charge in [-0.15, -0.1) is 0 Å². The highest BCUT2D eigenvalue weighted by atomic mass is 19.4. The molecule has 2 saturated heterocycles. The number of nitrogens with zero attached hydrogens (tertiary/aromatic N) is 4. The average molecular weight is 536 g/mol. The first-order valence-electron chi connectivity index (χ1n) is 13.1. The molecule has 0 radical (unpaired) electrons. The van der Waals surface area contributed by atoms with E-state index in [1.807, 2.05) is 20.8 Å². The molecule has 3 heterocycles. The molecule has 11 heteroatoms. The lowest BCUT2D eigenvalue weighted by Gasteiger charge is -2.39. The summed E-state index contributed by atoms with van der Waals surface area (Å²) in [5.74, 6) is -2.00. The number of carbonyl (C=O) groups excluding carboxylic acids is 1. The molecule has 4 atom stereocenters. The number of benzene rings is 1. The Labute approximate surface area is 219 Å². The number of halogens is 4. The van der Waals surface area contributed by atoms with Crippen molar-refractivity contribution in [1.82, 2.24) is 20.2 Å². The van der Waals surface area contributed by atoms with Crippen LogP contribution in [-0.2, 0) is 11.0 Å². The van der Waals surface area contributed by atoms with E-state index in [1.165, 1.54) is 18.5 Å². The Kier molecular flexibility index (Phi) is 6.88. The summed E-state index contributed by atoms with van der Waals surface area (Å²) in [6.45, 7) is 7.51. The van der Waals surface area contributed by atoms with Crippen LogP contribution in [0.5, 0.6) is 0 Å². The maximum Gasteiger partial charge on any atom is 0.419 e. The fourth-order valence-corrected chi connectivity index (χ4v) is 6.23. The molecule has 1 amide bonds. The van der Waals surface area contributed by atoms with Crippen molar-refractivity contribution in [1.29, 1.82) is 0 Å². The van der Waals surface area contributed by atoms with E-state index in [9.17, 15) is 23.1 Å². The number of aromatic nitrogens is 2. The van der Waals surface area contributed by atoms with E-state index in [0.717, 1.165) is 17.8 Å². The summed E-state index contributed by atoms with van der Waals surface area (Å²) in [5, 5.41) is 13.7. The van der Waals surface area contributed by atoms with Crippen LogP contribution >= 0.6 is 0 Å². The largest absolute Gasteiger partial charge is 0.419 e. The molecule has 38 heavy (non-hydrogen) atoms. The number of rotatable bonds is 4. The van der Waals surface area contributed by atoms with Gasteiger partial charge in [-0.1, -0.05) is 19.1 Å². The number of anilines is 1. The molecule has 2 aliphatic heterocycles. The van der Waals surface area contributed by atoms with Gasteiger partial charge in [0.05, 0.1) is 23.3 Å². The van der Waals surface area contributed by atoms with Crippen molar-refractivity contribution in [3.63, 3.8) is 0 Å². The Hall–Kier alpha value is -2.79. The van der Waals surface area contributed by atoms with E-state index < -0.39 is 35.6 Å². The molecule has 0 unspecified atom stereocenters. The van der Waals surface area contributed by atoms with Gasteiger partial charge in [-0.2, -0.15) is 13.2 Å². The predicted molar refractivity (Wildman–Crippen MR) is 133 cm³/mol. The number of piperazine rings is 1. The van der Waals surface area contributed by atoms with Crippen LogP contribution in [0.4, 0.5) is 23.4 Å². The summed E-state index contributed by atoms with van der Waals surface area (Å²) < 4.78 is 55.9. The molecule has 3 aliphatic rings. The third kappa shape index (κ3) is 4.86. The Balaban J connectivity index is 1.40. The smallest absolute Gasteiger partial charge is 0.387 e. The van der Waals surface area contributed by atoms with E-state index in [-0.39, 0.29) is 22.9 Å². The molecule has 5 rings (SSSR count). The Morgan fingerprint density at radius 2 is 1.89 bits per heavy atom. The number of fused-ring (bicyclic) bond motifs is 1. The van der Waals surface area contributed by atoms with Crippen molar-refractivity contribution in [2.24, 2.45) is 0 Å². The van der Waals surface area contributed by atoms with Gasteiger partial charge >= 0.3 is 6.18 Å². The van der Waals surface area contributed by atoms with Gasteiger partial charge in [0.25, 0.3) is 0 Å². The Morgan fingerprint density at radius 3 is 2.53 bits per heavy atom. The van der Waals surface area contributed by atoms with Gasteiger partial charge in [-0.3, -0.25) is 4.79 Å². The number of aliphatic hydroxyl groups is 1. The Morgan fingerprint density at radius 1 is 1.18 bits per heavy atom. The van der Waals surface area contributed by atoms with Crippen LogP contribution in [0, 0.1) is 5.82 Å². The molecule has 1 aliphatic carbocycles. The number of hydrogen-bond donors (Lipinski definition) is 2. The van der Waals surface area contributed by atoms with Crippen LogP contribution in [0.1, 0.15) is 80.4 Å². The highest BCUT2D eigenvalue weighted by molar-refractivity contribution is 5.85. The van der Waals surface area contributed by atoms with Gasteiger partial charge in [-0.25, -0.2) is 14.4 Å². The summed E-state index contributed by atoms with van der Waals surface area (Å²) in [7, 11) is 0. The van der Waals surface area contributed by atoms with E-state index in [4.69, 9.17) is 0 Å². The minimum absolute atomic E-state index is 0.0981. The number of hydrogen-bond acceptors (Lipinski definition) is 6. The molecule has 1 aromatic heterocycles. The topological polar surface area (TPSA) is 81.6 Å². The minimum Gasteiger partial charge on any atom is -0.387 e. The van der Waals surface area contributed by atoms with Crippen LogP contribution in [0.2, 0.25) is 0 Å². The molecule has 0 spiro atoms. The zero-order valence-electron chi connectivity index (χ0n) is 21.7. The third-order valence-electron chi connectivity index (χ3n) is 8.16. The molecule has 1 aromatic carbocycles. The van der Waals surface area contributed by atoms with Crippen molar-refractivity contribution in [2.45, 2.75) is 75.7 Å². The van der Waals surface area contributed by atoms with Crippen molar-refractivity contribution in [2.75, 3.05) is 31.1 Å². The van der Waals surface area contributed by atoms with Crippen LogP contribution in [-0.4, -0.2) is 63.6 Å². The van der Waals surface area contributed by atoms with Crippen LogP contribution < -0.4 is 10.2 Å². The molecule has 2 aromatic rings. The summed E-state index contributed by atoms with van der Waals surface area (Å²) >= 11 is 0. The van der Waals surface area contributed by atoms with Crippen LogP contribution in [0.25, 0.3) is 0 Å². The Bertz CT molecular complexity index is 1210.